The molecule has 1 aromatic rings. The second kappa shape index (κ2) is 6.23. The predicted octanol–water partition coefficient (Wildman–Crippen LogP) is 2.33. The molecule has 7 heteroatoms. The summed E-state index contributed by atoms with van der Waals surface area (Å²) in [6.07, 6.45) is -0.573. The molecule has 0 bridgehead atoms. The maximum atomic E-state index is 12.1. The van der Waals surface area contributed by atoms with Crippen LogP contribution in [0.3, 0.4) is 0 Å². The molecule has 20 heavy (non-hydrogen) atoms. The van der Waals surface area contributed by atoms with E-state index in [1.165, 1.54) is 24.3 Å². The van der Waals surface area contributed by atoms with Crippen molar-refractivity contribution in [2.75, 3.05) is 11.9 Å². The van der Waals surface area contributed by atoms with Crippen molar-refractivity contribution in [1.82, 2.24) is 4.72 Å². The molecule has 0 aliphatic rings. The second-order valence-corrected chi connectivity index (χ2v) is 6.91. The van der Waals surface area contributed by atoms with Gasteiger partial charge in [0.15, 0.2) is 0 Å². The molecule has 0 fully saturated rings. The lowest BCUT2D eigenvalue weighted by atomic mass is 10.1. The van der Waals surface area contributed by atoms with Gasteiger partial charge in [0.05, 0.1) is 11.5 Å². The molecular weight excluding hydrogens is 280 g/mol. The van der Waals surface area contributed by atoms with Gasteiger partial charge >= 0.3 is 6.09 Å². The van der Waals surface area contributed by atoms with E-state index in [-0.39, 0.29) is 11.5 Å². The van der Waals surface area contributed by atoms with Gasteiger partial charge in [-0.15, -0.1) is 0 Å². The van der Waals surface area contributed by atoms with Gasteiger partial charge in [-0.25, -0.2) is 17.9 Å². The molecule has 0 atom stereocenters. The molecule has 0 saturated heterocycles. The highest BCUT2D eigenvalue weighted by Crippen LogP contribution is 2.16. The number of hydrogen-bond acceptors (Lipinski definition) is 4. The van der Waals surface area contributed by atoms with Crippen LogP contribution in [-0.4, -0.2) is 26.7 Å². The molecule has 0 spiro atoms. The number of amides is 1. The molecule has 0 aliphatic heterocycles. The quantitative estimate of drug-likeness (QED) is 0.893. The van der Waals surface area contributed by atoms with E-state index >= 15 is 0 Å². The number of carbonyl (C=O) groups excluding carboxylic acids is 1. The molecule has 0 heterocycles. The normalized spacial score (nSPS) is 12.0. The van der Waals surface area contributed by atoms with E-state index in [1.54, 1.807) is 27.7 Å². The van der Waals surface area contributed by atoms with E-state index in [1.807, 2.05) is 0 Å². The zero-order chi connectivity index (χ0) is 15.4. The van der Waals surface area contributed by atoms with Crippen LogP contribution < -0.4 is 10.0 Å². The Kier molecular flexibility index (Phi) is 5.13. The summed E-state index contributed by atoms with van der Waals surface area (Å²) in [5.41, 5.74) is -0.0844. The number of sulfonamides is 1. The third kappa shape index (κ3) is 5.18. The van der Waals surface area contributed by atoms with Gasteiger partial charge in [0.25, 0.3) is 0 Å². The minimum Gasteiger partial charge on any atom is -0.450 e. The first-order chi connectivity index (χ1) is 9.14. The van der Waals surface area contributed by atoms with Crippen LogP contribution in [0.25, 0.3) is 0 Å². The Morgan fingerprint density at radius 3 is 2.20 bits per heavy atom. The van der Waals surface area contributed by atoms with Crippen molar-refractivity contribution in [2.45, 2.75) is 38.1 Å². The molecule has 0 unspecified atom stereocenters. The van der Waals surface area contributed by atoms with Crippen LogP contribution in [0.2, 0.25) is 0 Å². The topological polar surface area (TPSA) is 84.5 Å². The molecule has 1 aromatic carbocycles. The Morgan fingerprint density at radius 2 is 1.75 bits per heavy atom. The van der Waals surface area contributed by atoms with E-state index in [9.17, 15) is 13.2 Å². The average Bonchev–Trinajstić information content (AvgIpc) is 2.26. The van der Waals surface area contributed by atoms with Crippen LogP contribution >= 0.6 is 0 Å². The number of nitrogens with one attached hydrogen (secondary N) is 2. The fourth-order valence-electron chi connectivity index (χ4n) is 1.46. The number of carbonyl (C=O) groups is 1. The van der Waals surface area contributed by atoms with Crippen molar-refractivity contribution < 1.29 is 17.9 Å². The highest BCUT2D eigenvalue weighted by molar-refractivity contribution is 7.89. The summed E-state index contributed by atoms with van der Waals surface area (Å²) in [4.78, 5) is 11.4. The van der Waals surface area contributed by atoms with Gasteiger partial charge in [-0.2, -0.15) is 0 Å². The Morgan fingerprint density at radius 1 is 1.20 bits per heavy atom. The smallest absolute Gasteiger partial charge is 0.411 e. The number of rotatable bonds is 4. The lowest BCUT2D eigenvalue weighted by Gasteiger charge is -2.20. The molecule has 6 nitrogen and oxygen atoms in total. The molecule has 1 amide bonds. The molecule has 0 radical (unpaired) electrons. The van der Waals surface area contributed by atoms with E-state index in [4.69, 9.17) is 4.74 Å². The van der Waals surface area contributed by atoms with Gasteiger partial charge in [-0.05, 0) is 52.0 Å². The highest BCUT2D eigenvalue weighted by Gasteiger charge is 2.21. The van der Waals surface area contributed by atoms with Gasteiger partial charge in [-0.1, -0.05) is 0 Å². The van der Waals surface area contributed by atoms with Crippen LogP contribution in [0.15, 0.2) is 29.2 Å². The van der Waals surface area contributed by atoms with Crippen molar-refractivity contribution in [3.05, 3.63) is 24.3 Å². The summed E-state index contributed by atoms with van der Waals surface area (Å²) < 4.78 is 31.4. The fraction of sp³-hybridized carbons (Fsp3) is 0.462. The maximum Gasteiger partial charge on any atom is 0.411 e. The van der Waals surface area contributed by atoms with E-state index < -0.39 is 21.7 Å². The first-order valence-corrected chi connectivity index (χ1v) is 7.70. The third-order valence-electron chi connectivity index (χ3n) is 2.13. The Labute approximate surface area is 119 Å². The minimum atomic E-state index is -3.57. The maximum absolute atomic E-state index is 12.1. The summed E-state index contributed by atoms with van der Waals surface area (Å²) in [7, 11) is -3.57. The third-order valence-corrected chi connectivity index (χ3v) is 3.90. The summed E-state index contributed by atoms with van der Waals surface area (Å²) in [6.45, 7) is 7.27. The van der Waals surface area contributed by atoms with Crippen molar-refractivity contribution in [1.29, 1.82) is 0 Å². The second-order valence-electron chi connectivity index (χ2n) is 5.23. The lowest BCUT2D eigenvalue weighted by molar-refractivity contribution is 0.168. The van der Waals surface area contributed by atoms with Crippen LogP contribution in [-0.2, 0) is 14.8 Å². The monoisotopic (exact) mass is 300 g/mol. The van der Waals surface area contributed by atoms with E-state index in [0.717, 1.165) is 0 Å². The van der Waals surface area contributed by atoms with Crippen LogP contribution in [0, 0.1) is 0 Å². The van der Waals surface area contributed by atoms with E-state index in [2.05, 4.69) is 10.0 Å². The summed E-state index contributed by atoms with van der Waals surface area (Å²) in [6, 6.07) is 5.87. The zero-order valence-corrected chi connectivity index (χ0v) is 12.9. The first kappa shape index (κ1) is 16.5. The van der Waals surface area contributed by atoms with Crippen LogP contribution in [0.5, 0.6) is 0 Å². The van der Waals surface area contributed by atoms with Gasteiger partial charge in [0, 0.05) is 11.2 Å². The van der Waals surface area contributed by atoms with Crippen molar-refractivity contribution in [3.63, 3.8) is 0 Å². The molecule has 1 rings (SSSR count). The standard InChI is InChI=1S/C13H20N2O4S/c1-5-19-12(16)14-10-6-8-11(9-7-10)20(17,18)15-13(2,3)4/h6-9,15H,5H2,1-4H3,(H,14,16). The predicted molar refractivity (Wildman–Crippen MR) is 77.2 cm³/mol. The fourth-order valence-corrected chi connectivity index (χ4v) is 2.88. The first-order valence-electron chi connectivity index (χ1n) is 6.22. The summed E-state index contributed by atoms with van der Waals surface area (Å²) >= 11 is 0. The summed E-state index contributed by atoms with van der Waals surface area (Å²) in [5, 5.41) is 2.49. The lowest BCUT2D eigenvalue weighted by Crippen LogP contribution is -2.40. The minimum absolute atomic E-state index is 0.141. The molecule has 0 saturated carbocycles. The van der Waals surface area contributed by atoms with Gasteiger partial charge < -0.3 is 4.74 Å². The number of anilines is 1. The Balaban J connectivity index is 2.83. The summed E-state index contributed by atoms with van der Waals surface area (Å²) in [5.74, 6) is 0. The molecule has 2 N–H and O–H groups in total. The number of benzene rings is 1. The SMILES string of the molecule is CCOC(=O)Nc1ccc(S(=O)(=O)NC(C)(C)C)cc1. The van der Waals surface area contributed by atoms with Crippen molar-refractivity contribution in [2.24, 2.45) is 0 Å². The zero-order valence-electron chi connectivity index (χ0n) is 12.1. The molecule has 0 aromatic heterocycles. The largest absolute Gasteiger partial charge is 0.450 e. The van der Waals surface area contributed by atoms with Gasteiger partial charge in [0.1, 0.15) is 0 Å². The Bertz CT molecular complexity index is 559. The van der Waals surface area contributed by atoms with Crippen LogP contribution in [0.4, 0.5) is 10.5 Å². The molecule has 0 aliphatic carbocycles. The van der Waals surface area contributed by atoms with Crippen molar-refractivity contribution >= 4 is 21.8 Å². The van der Waals surface area contributed by atoms with Crippen LogP contribution in [0.1, 0.15) is 27.7 Å². The van der Waals surface area contributed by atoms with Gasteiger partial charge in [-0.3, -0.25) is 5.32 Å². The van der Waals surface area contributed by atoms with E-state index in [0.29, 0.717) is 5.69 Å². The number of hydrogen-bond donors (Lipinski definition) is 2. The highest BCUT2D eigenvalue weighted by atomic mass is 32.2. The van der Waals surface area contributed by atoms with Gasteiger partial charge in [0.2, 0.25) is 10.0 Å². The molecule has 112 valence electrons. The Hall–Kier alpha value is -1.60. The van der Waals surface area contributed by atoms with Crippen molar-refractivity contribution in [3.8, 4) is 0 Å². The number of ether oxygens (including phenoxy) is 1. The molecular formula is C13H20N2O4S. The average molecular weight is 300 g/mol.